The van der Waals surface area contributed by atoms with Crippen molar-refractivity contribution < 1.29 is 75.4 Å². The van der Waals surface area contributed by atoms with Gasteiger partial charge in [0.05, 0.1) is 25.5 Å². The highest BCUT2D eigenvalue weighted by atomic mass is 35.5. The van der Waals surface area contributed by atoms with E-state index in [9.17, 15) is 37.1 Å². The van der Waals surface area contributed by atoms with E-state index in [0.29, 0.717) is 51.6 Å². The molecule has 0 aromatic heterocycles. The smallest absolute Gasteiger partial charge is 0.379 e. The number of halogens is 4. The fourth-order valence-electron chi connectivity index (χ4n) is 16.5. The number of likely N-dealkylation sites (N-methyl/N-ethyl adjacent to an activating group) is 6. The highest BCUT2D eigenvalue weighted by Gasteiger charge is 2.52. The van der Waals surface area contributed by atoms with Crippen LogP contribution in [0.4, 0.5) is 13.2 Å². The van der Waals surface area contributed by atoms with Crippen molar-refractivity contribution in [2.75, 3.05) is 88.2 Å². The van der Waals surface area contributed by atoms with Gasteiger partial charge in [0.2, 0.25) is 70.9 Å². The third kappa shape index (κ3) is 21.1. The Morgan fingerprint density at radius 1 is 0.592 bits per heavy atom. The summed E-state index contributed by atoms with van der Waals surface area (Å²) >= 11 is 6.41. The maximum Gasteiger partial charge on any atom is 0.393 e. The second-order valence-corrected chi connectivity index (χ2v) is 32.6. The minimum atomic E-state index is -4.51. The third-order valence-electron chi connectivity index (χ3n) is 23.2. The Balaban J connectivity index is 1.28. The molecule has 0 aromatic carbocycles. The van der Waals surface area contributed by atoms with Crippen LogP contribution in [0, 0.1) is 35.5 Å². The molecule has 582 valence electrons. The van der Waals surface area contributed by atoms with Crippen molar-refractivity contribution in [2.45, 2.75) is 274 Å². The molecular formula is C74H120ClF3N12O13. The Morgan fingerprint density at radius 2 is 1.23 bits per heavy atom. The molecule has 0 radical (unpaired) electrons. The summed E-state index contributed by atoms with van der Waals surface area (Å²) in [6, 6.07) is -11.2. The normalized spacial score (nSPS) is 30.2. The van der Waals surface area contributed by atoms with Gasteiger partial charge >= 0.3 is 6.18 Å². The van der Waals surface area contributed by atoms with Gasteiger partial charge in [-0.15, -0.1) is 11.6 Å². The van der Waals surface area contributed by atoms with Gasteiger partial charge in [-0.25, -0.2) is 0 Å². The molecule has 7 aliphatic rings. The molecule has 3 saturated carbocycles. The van der Waals surface area contributed by atoms with Gasteiger partial charge in [-0.2, -0.15) is 13.2 Å². The number of likely N-dealkylation sites (tertiary alicyclic amines) is 1. The van der Waals surface area contributed by atoms with E-state index in [1.54, 1.807) is 18.7 Å². The minimum absolute atomic E-state index is 0.00270. The molecule has 4 saturated heterocycles. The second-order valence-electron chi connectivity index (χ2n) is 32.0. The summed E-state index contributed by atoms with van der Waals surface area (Å²) in [7, 11) is 8.60. The van der Waals surface area contributed by atoms with Gasteiger partial charge in [-0.3, -0.25) is 57.5 Å². The fourth-order valence-corrected chi connectivity index (χ4v) is 17.1. The van der Waals surface area contributed by atoms with Gasteiger partial charge in [-0.1, -0.05) is 86.5 Å². The molecule has 12 atom stereocenters. The molecule has 0 aromatic rings. The monoisotopic (exact) mass is 1480 g/mol. The molecule has 4 heterocycles. The lowest BCUT2D eigenvalue weighted by Gasteiger charge is -2.45. The average Bonchev–Trinajstić information content (AvgIpc) is 1.77. The fraction of sp³-hybridized carbons (Fsp3) is 0.838. The quantitative estimate of drug-likeness (QED) is 0.131. The van der Waals surface area contributed by atoms with E-state index < -0.39 is 167 Å². The zero-order chi connectivity index (χ0) is 76.1. The Labute approximate surface area is 613 Å². The Hall–Kier alpha value is -6.32. The van der Waals surface area contributed by atoms with E-state index in [0.717, 1.165) is 38.5 Å². The third-order valence-corrected chi connectivity index (χ3v) is 23.7. The summed E-state index contributed by atoms with van der Waals surface area (Å²) in [5.74, 6) is -10.3. The Bertz CT molecular complexity index is 3000. The van der Waals surface area contributed by atoms with E-state index in [1.807, 2.05) is 27.7 Å². The molecule has 12 amide bonds. The maximum absolute atomic E-state index is 15.5. The molecule has 7 rings (SSSR count). The zero-order valence-corrected chi connectivity index (χ0v) is 64.3. The first-order valence-electron chi connectivity index (χ1n) is 38.2. The molecule has 3 unspecified atom stereocenters. The van der Waals surface area contributed by atoms with Gasteiger partial charge in [0.1, 0.15) is 59.9 Å². The molecule has 0 bridgehead atoms. The Morgan fingerprint density at radius 3 is 1.83 bits per heavy atom. The number of amides is 12. The van der Waals surface area contributed by atoms with E-state index >= 15 is 33.6 Å². The number of rotatable bonds is 14. The number of carbonyl (C=O) groups excluding carboxylic acids is 12. The summed E-state index contributed by atoms with van der Waals surface area (Å²) in [6.07, 6.45) is 4.59. The van der Waals surface area contributed by atoms with Crippen LogP contribution in [0.5, 0.6) is 0 Å². The molecule has 29 heteroatoms. The van der Waals surface area contributed by atoms with Crippen molar-refractivity contribution in [3.63, 3.8) is 0 Å². The van der Waals surface area contributed by atoms with Gasteiger partial charge in [0.25, 0.3) is 0 Å². The van der Waals surface area contributed by atoms with Crippen LogP contribution in [0.3, 0.4) is 0 Å². The number of piperidine rings is 1. The largest absolute Gasteiger partial charge is 0.393 e. The first-order chi connectivity index (χ1) is 48.5. The Kier molecular flexibility index (Phi) is 30.4. The van der Waals surface area contributed by atoms with E-state index in [2.05, 4.69) is 16.0 Å². The van der Waals surface area contributed by atoms with Gasteiger partial charge < -0.3 is 64.8 Å². The molecule has 7 fully saturated rings. The van der Waals surface area contributed by atoms with Crippen molar-refractivity contribution in [2.24, 2.45) is 35.5 Å². The molecular weight excluding hydrogens is 1360 g/mol. The average molecular weight is 1480 g/mol. The summed E-state index contributed by atoms with van der Waals surface area (Å²) < 4.78 is 48.1. The summed E-state index contributed by atoms with van der Waals surface area (Å²) in [4.78, 5) is 192. The van der Waals surface area contributed by atoms with Crippen molar-refractivity contribution in [3.8, 4) is 0 Å². The van der Waals surface area contributed by atoms with Crippen LogP contribution in [0.15, 0.2) is 0 Å². The number of carbonyl (C=O) groups is 12. The molecule has 3 aliphatic carbocycles. The van der Waals surface area contributed by atoms with Crippen LogP contribution in [-0.4, -0.2) is 275 Å². The lowest BCUT2D eigenvalue weighted by Crippen LogP contribution is -2.65. The number of nitrogens with one attached hydrogen (secondary N) is 3. The van der Waals surface area contributed by atoms with Gasteiger partial charge in [-0.05, 0) is 139 Å². The molecule has 4 aliphatic heterocycles. The van der Waals surface area contributed by atoms with Crippen LogP contribution in [0.25, 0.3) is 0 Å². The molecule has 103 heavy (non-hydrogen) atoms. The standard InChI is InChI=1S/C74H120ClF3N12O13/c1-45(2)31-38-103-44-54-66(96)83(9)48(7)65(95)90-37-30-56(90)69(99)85(11)58(41-49-23-16-14-17-24-49)68(98)82(8)43-60(91)79-53(29-27-50-26-28-51(52(75)40-50)74(76,77)78)67(97)89-36-22-25-55(89)64(94)81-73(32-18-19-33-73)72(102)87(13)62(47(5)6)71(101)86(12)59(70(100)88-34-20-15-21-35-88)42-61(92)84(10)57(39-46(3)4)63(93)80-54/h45-59,62H,14-44H2,1-13H3,(H,79,91)(H,80,93)(H,81,94)/t48-,50?,51?,52?,53-,54-,55-,56-,57-,58-,59-,62-/m0/s1. The van der Waals surface area contributed by atoms with Crippen molar-refractivity contribution in [3.05, 3.63) is 0 Å². The predicted octanol–water partition coefficient (Wildman–Crippen LogP) is 6.11. The first kappa shape index (κ1) is 83.9. The number of nitrogens with zero attached hydrogens (tertiary/aromatic N) is 9. The van der Waals surface area contributed by atoms with E-state index in [-0.39, 0.29) is 121 Å². The highest BCUT2D eigenvalue weighted by Crippen LogP contribution is 2.44. The number of fused-ring (bicyclic) bond motifs is 2. The number of hydrogen-bond acceptors (Lipinski definition) is 13. The van der Waals surface area contributed by atoms with Crippen molar-refractivity contribution >= 4 is 82.5 Å². The molecule has 1 spiro atoms. The second kappa shape index (κ2) is 37.3. The maximum atomic E-state index is 15.5. The van der Waals surface area contributed by atoms with Crippen LogP contribution < -0.4 is 16.0 Å². The summed E-state index contributed by atoms with van der Waals surface area (Å²) in [5, 5.41) is 7.52. The topological polar surface area (TPSA) is 279 Å². The van der Waals surface area contributed by atoms with Crippen LogP contribution >= 0.6 is 11.6 Å². The summed E-state index contributed by atoms with van der Waals surface area (Å²) in [6.45, 7) is 12.9. The van der Waals surface area contributed by atoms with Crippen LogP contribution in [-0.2, 0) is 62.3 Å². The lowest BCUT2D eigenvalue weighted by atomic mass is 9.78. The predicted molar refractivity (Wildman–Crippen MR) is 381 cm³/mol. The minimum Gasteiger partial charge on any atom is -0.379 e. The molecule has 3 N–H and O–H groups in total. The highest BCUT2D eigenvalue weighted by molar-refractivity contribution is 6.21. The first-order valence-corrected chi connectivity index (χ1v) is 38.6. The zero-order valence-electron chi connectivity index (χ0n) is 63.5. The number of alkyl halides is 4. The van der Waals surface area contributed by atoms with Crippen LogP contribution in [0.1, 0.15) is 203 Å². The van der Waals surface area contributed by atoms with Gasteiger partial charge in [0.15, 0.2) is 0 Å². The van der Waals surface area contributed by atoms with E-state index in [4.69, 9.17) is 16.3 Å². The number of hydrogen-bond donors (Lipinski definition) is 3. The van der Waals surface area contributed by atoms with Crippen molar-refractivity contribution in [1.82, 2.24) is 60.0 Å². The molecule has 25 nitrogen and oxygen atoms in total. The summed E-state index contributed by atoms with van der Waals surface area (Å²) in [5.41, 5.74) is -1.57. The lowest BCUT2D eigenvalue weighted by molar-refractivity contribution is -0.182. The number of ether oxygens (including phenoxy) is 1. The van der Waals surface area contributed by atoms with Gasteiger partial charge in [0, 0.05) is 80.4 Å². The van der Waals surface area contributed by atoms with E-state index in [1.165, 1.54) is 88.4 Å². The van der Waals surface area contributed by atoms with Crippen molar-refractivity contribution in [1.29, 1.82) is 0 Å². The SMILES string of the molecule is CC(C)CCOC[C@@H]1NC(=O)[C@H](CC(C)C)N(C)C(=O)C[C@@H](C(=O)N2CCCCC2)N(C)C(=O)[C@H](C(C)C)N(C)C(=O)C2(CCCC2)NC(=O)[C@@H]2CCCN2C(=O)[C@H](CCC2CCC(C(F)(F)F)C(Cl)C2)NC(=O)CN(C)C(=O)[C@H](CC2CCCCC2)N(C)C(=O)[C@@H]2CCN2C(=O)[C@H](C)N(C)C1=O. The van der Waals surface area contributed by atoms with Crippen LogP contribution in [0.2, 0.25) is 0 Å².